The number of nitrogens with zero attached hydrogens (tertiary/aromatic N) is 1. The molecule has 1 heterocycles. The molecule has 1 amide bonds. The summed E-state index contributed by atoms with van der Waals surface area (Å²) in [5.74, 6) is -0.254. The van der Waals surface area contributed by atoms with Crippen LogP contribution in [0.4, 0.5) is 11.4 Å². The number of rotatable bonds is 6. The highest BCUT2D eigenvalue weighted by Gasteiger charge is 2.12. The Morgan fingerprint density at radius 2 is 1.89 bits per heavy atom. The Morgan fingerprint density at radius 3 is 2.57 bits per heavy atom. The standard InChI is InChI=1S/C19H19N5O3S/c1-2-28(26,27)24-14-8-9-16-15(10-14)18(23-19(20)21-12-25)11-17(22-16)13-6-4-3-5-7-13/h3-12,24H,2H2,1H3,(H3,20,21,22,23,25). The molecule has 0 aliphatic carbocycles. The molecule has 3 rings (SSSR count). The fourth-order valence-electron chi connectivity index (χ4n) is 2.63. The first-order valence-corrected chi connectivity index (χ1v) is 10.1. The van der Waals surface area contributed by atoms with Crippen molar-refractivity contribution in [2.75, 3.05) is 15.8 Å². The fourth-order valence-corrected chi connectivity index (χ4v) is 3.26. The topological polar surface area (TPSA) is 124 Å². The molecular formula is C19H19N5O3S. The fraction of sp³-hybridized carbons (Fsp3) is 0.105. The Morgan fingerprint density at radius 1 is 1.14 bits per heavy atom. The number of hydrogen-bond acceptors (Lipinski definition) is 5. The van der Waals surface area contributed by atoms with Crippen LogP contribution in [0.3, 0.4) is 0 Å². The lowest BCUT2D eigenvalue weighted by Crippen LogP contribution is -2.28. The molecule has 0 aliphatic rings. The third-order valence-electron chi connectivity index (χ3n) is 3.99. The van der Waals surface area contributed by atoms with Crippen LogP contribution >= 0.6 is 0 Å². The van der Waals surface area contributed by atoms with Crippen LogP contribution in [0.25, 0.3) is 22.2 Å². The van der Waals surface area contributed by atoms with Gasteiger partial charge in [-0.1, -0.05) is 30.3 Å². The summed E-state index contributed by atoms with van der Waals surface area (Å²) in [5, 5.41) is 13.5. The largest absolute Gasteiger partial charge is 0.325 e. The number of pyridine rings is 1. The Balaban J connectivity index is 2.13. The summed E-state index contributed by atoms with van der Waals surface area (Å²) in [5.41, 5.74) is 3.08. The molecule has 0 bridgehead atoms. The third kappa shape index (κ3) is 4.44. The van der Waals surface area contributed by atoms with Crippen LogP contribution in [0, 0.1) is 5.41 Å². The minimum absolute atomic E-state index is 0.0464. The summed E-state index contributed by atoms with van der Waals surface area (Å²) in [6.45, 7) is 1.55. The number of fused-ring (bicyclic) bond motifs is 1. The number of carbonyl (C=O) groups excluding carboxylic acids is 1. The van der Waals surface area contributed by atoms with E-state index in [2.05, 4.69) is 20.3 Å². The minimum atomic E-state index is -3.43. The van der Waals surface area contributed by atoms with Crippen LogP contribution in [0.2, 0.25) is 0 Å². The zero-order valence-corrected chi connectivity index (χ0v) is 15.9. The van der Waals surface area contributed by atoms with Crippen molar-refractivity contribution in [2.24, 2.45) is 0 Å². The van der Waals surface area contributed by atoms with Gasteiger partial charge in [-0.3, -0.25) is 20.2 Å². The Bertz CT molecular complexity index is 1130. The molecule has 0 radical (unpaired) electrons. The third-order valence-corrected chi connectivity index (χ3v) is 5.30. The molecule has 0 atom stereocenters. The van der Waals surface area contributed by atoms with Gasteiger partial charge in [-0.15, -0.1) is 0 Å². The molecule has 0 spiro atoms. The van der Waals surface area contributed by atoms with Crippen LogP contribution in [-0.2, 0) is 14.8 Å². The smallest absolute Gasteiger partial charge is 0.232 e. The van der Waals surface area contributed by atoms with Gasteiger partial charge >= 0.3 is 0 Å². The van der Waals surface area contributed by atoms with Crippen molar-refractivity contribution >= 4 is 44.7 Å². The first-order valence-electron chi connectivity index (χ1n) is 8.48. The van der Waals surface area contributed by atoms with Crippen molar-refractivity contribution in [3.05, 3.63) is 54.6 Å². The van der Waals surface area contributed by atoms with E-state index in [4.69, 9.17) is 5.41 Å². The number of hydrogen-bond donors (Lipinski definition) is 4. The lowest BCUT2D eigenvalue weighted by molar-refractivity contribution is -0.108. The molecule has 144 valence electrons. The van der Waals surface area contributed by atoms with Crippen molar-refractivity contribution in [2.45, 2.75) is 6.92 Å². The molecule has 0 aliphatic heterocycles. The molecule has 0 saturated carbocycles. The second kappa shape index (κ2) is 8.05. The maximum absolute atomic E-state index is 11.9. The number of aromatic nitrogens is 1. The van der Waals surface area contributed by atoms with E-state index >= 15 is 0 Å². The van der Waals surface area contributed by atoms with Gasteiger partial charge in [0.15, 0.2) is 5.96 Å². The molecule has 4 N–H and O–H groups in total. The number of anilines is 2. The highest BCUT2D eigenvalue weighted by atomic mass is 32.2. The average molecular weight is 397 g/mol. The molecule has 0 unspecified atom stereocenters. The van der Waals surface area contributed by atoms with Gasteiger partial charge in [-0.25, -0.2) is 13.4 Å². The molecular weight excluding hydrogens is 378 g/mol. The van der Waals surface area contributed by atoms with Crippen LogP contribution in [0.1, 0.15) is 6.92 Å². The molecule has 8 nitrogen and oxygen atoms in total. The Labute approximate surface area is 162 Å². The van der Waals surface area contributed by atoms with Crippen LogP contribution in [0.15, 0.2) is 54.6 Å². The molecule has 28 heavy (non-hydrogen) atoms. The molecule has 9 heteroatoms. The first-order chi connectivity index (χ1) is 13.4. The number of sulfonamides is 1. The van der Waals surface area contributed by atoms with Gasteiger partial charge in [0, 0.05) is 16.6 Å². The van der Waals surface area contributed by atoms with Crippen LogP contribution < -0.4 is 15.4 Å². The second-order valence-corrected chi connectivity index (χ2v) is 7.93. The second-order valence-electron chi connectivity index (χ2n) is 5.92. The van der Waals surface area contributed by atoms with Crippen LogP contribution in [-0.4, -0.2) is 31.5 Å². The highest BCUT2D eigenvalue weighted by Crippen LogP contribution is 2.30. The molecule has 0 saturated heterocycles. The van der Waals surface area contributed by atoms with Crippen molar-refractivity contribution in [1.29, 1.82) is 5.41 Å². The summed E-state index contributed by atoms with van der Waals surface area (Å²) >= 11 is 0. The zero-order valence-electron chi connectivity index (χ0n) is 15.1. The van der Waals surface area contributed by atoms with E-state index in [0.717, 1.165) is 5.56 Å². The van der Waals surface area contributed by atoms with E-state index in [1.807, 2.05) is 30.3 Å². The van der Waals surface area contributed by atoms with Gasteiger partial charge in [0.25, 0.3) is 0 Å². The summed E-state index contributed by atoms with van der Waals surface area (Å²) in [7, 11) is -3.43. The van der Waals surface area contributed by atoms with E-state index in [-0.39, 0.29) is 11.7 Å². The average Bonchev–Trinajstić information content (AvgIpc) is 2.69. The zero-order chi connectivity index (χ0) is 20.1. The number of guanidine groups is 1. The lowest BCUT2D eigenvalue weighted by Gasteiger charge is -2.14. The summed E-state index contributed by atoms with van der Waals surface area (Å²) < 4.78 is 26.2. The molecule has 0 fully saturated rings. The Hall–Kier alpha value is -3.46. The lowest BCUT2D eigenvalue weighted by atomic mass is 10.1. The number of carbonyl (C=O) groups is 1. The predicted molar refractivity (Wildman–Crippen MR) is 111 cm³/mol. The number of benzene rings is 2. The predicted octanol–water partition coefficient (Wildman–Crippen LogP) is 2.76. The molecule has 3 aromatic rings. The highest BCUT2D eigenvalue weighted by molar-refractivity contribution is 7.92. The van der Waals surface area contributed by atoms with Gasteiger partial charge in [0.1, 0.15) is 0 Å². The maximum atomic E-state index is 11.9. The summed E-state index contributed by atoms with van der Waals surface area (Å²) in [6, 6.07) is 16.2. The van der Waals surface area contributed by atoms with Gasteiger partial charge in [0.2, 0.25) is 16.4 Å². The maximum Gasteiger partial charge on any atom is 0.232 e. The summed E-state index contributed by atoms with van der Waals surface area (Å²) in [4.78, 5) is 15.3. The van der Waals surface area contributed by atoms with Gasteiger partial charge in [0.05, 0.1) is 22.7 Å². The SMILES string of the molecule is CCS(=O)(=O)Nc1ccc2nc(-c3ccccc3)cc(NC(=N)NC=O)c2c1. The quantitative estimate of drug-likeness (QED) is 0.289. The number of nitrogens with one attached hydrogen (secondary N) is 4. The first kappa shape index (κ1) is 19.3. The summed E-state index contributed by atoms with van der Waals surface area (Å²) in [6.07, 6.45) is 0.400. The van der Waals surface area contributed by atoms with Gasteiger partial charge in [-0.2, -0.15) is 0 Å². The van der Waals surface area contributed by atoms with E-state index in [9.17, 15) is 13.2 Å². The van der Waals surface area contributed by atoms with E-state index in [1.54, 1.807) is 31.2 Å². The van der Waals surface area contributed by atoms with E-state index < -0.39 is 10.0 Å². The molecule has 2 aromatic carbocycles. The minimum Gasteiger partial charge on any atom is -0.325 e. The normalized spacial score (nSPS) is 11.0. The van der Waals surface area contributed by atoms with Crippen molar-refractivity contribution < 1.29 is 13.2 Å². The monoisotopic (exact) mass is 397 g/mol. The van der Waals surface area contributed by atoms with Crippen LogP contribution in [0.5, 0.6) is 0 Å². The van der Waals surface area contributed by atoms with Gasteiger partial charge < -0.3 is 5.32 Å². The Kier molecular flexibility index (Phi) is 5.55. The number of amides is 1. The van der Waals surface area contributed by atoms with E-state index in [0.29, 0.717) is 34.4 Å². The van der Waals surface area contributed by atoms with E-state index in [1.165, 1.54) is 0 Å². The molecule has 1 aromatic heterocycles. The van der Waals surface area contributed by atoms with Crippen molar-refractivity contribution in [3.8, 4) is 11.3 Å². The van der Waals surface area contributed by atoms with Gasteiger partial charge in [-0.05, 0) is 31.2 Å². The van der Waals surface area contributed by atoms with Crippen molar-refractivity contribution in [1.82, 2.24) is 10.3 Å². The van der Waals surface area contributed by atoms with Crippen molar-refractivity contribution in [3.63, 3.8) is 0 Å².